The van der Waals surface area contributed by atoms with Crippen molar-refractivity contribution in [3.63, 3.8) is 0 Å². The largest absolute Gasteiger partial charge is 0.380 e. The van der Waals surface area contributed by atoms with Crippen LogP contribution in [0.25, 0.3) is 0 Å². The fourth-order valence-electron chi connectivity index (χ4n) is 4.56. The van der Waals surface area contributed by atoms with Crippen molar-refractivity contribution in [1.82, 2.24) is 20.2 Å². The molecule has 3 aliphatic rings. The lowest BCUT2D eigenvalue weighted by molar-refractivity contribution is -0.108. The molecule has 192 valence electrons. The molecule has 8 nitrogen and oxygen atoms in total. The van der Waals surface area contributed by atoms with Gasteiger partial charge in [0.1, 0.15) is 17.8 Å². The molecule has 3 atom stereocenters. The lowest BCUT2D eigenvalue weighted by Crippen LogP contribution is -2.37. The number of rotatable bonds is 5. The van der Waals surface area contributed by atoms with Gasteiger partial charge in [0.05, 0.1) is 30.6 Å². The molecule has 0 fully saturated rings. The number of hydrogen-bond acceptors (Lipinski definition) is 7. The van der Waals surface area contributed by atoms with Gasteiger partial charge in [0.25, 0.3) is 5.56 Å². The van der Waals surface area contributed by atoms with Crippen molar-refractivity contribution in [2.24, 2.45) is 10.9 Å². The number of halogens is 1. The van der Waals surface area contributed by atoms with Gasteiger partial charge in [-0.2, -0.15) is 0 Å². The van der Waals surface area contributed by atoms with E-state index in [-0.39, 0.29) is 24.0 Å². The maximum Gasteiger partial charge on any atom is 0.277 e. The number of fused-ring (bicyclic) bond motifs is 2. The minimum absolute atomic E-state index is 0.00492. The van der Waals surface area contributed by atoms with Crippen molar-refractivity contribution in [1.29, 1.82) is 0 Å². The quantitative estimate of drug-likeness (QED) is 0.621. The number of likely N-dealkylation sites (N-methyl/N-ethyl adjacent to an activating group) is 1. The van der Waals surface area contributed by atoms with Crippen LogP contribution in [0, 0.1) is 11.7 Å². The summed E-state index contributed by atoms with van der Waals surface area (Å²) in [6, 6.07) is 6.75. The van der Waals surface area contributed by atoms with E-state index in [1.807, 2.05) is 45.3 Å². The van der Waals surface area contributed by atoms with E-state index in [1.54, 1.807) is 12.1 Å². The molecule has 0 bridgehead atoms. The lowest BCUT2D eigenvalue weighted by atomic mass is 9.95. The van der Waals surface area contributed by atoms with Gasteiger partial charge in [-0.25, -0.2) is 9.37 Å². The Morgan fingerprint density at radius 1 is 1.25 bits per heavy atom. The second-order valence-corrected chi connectivity index (χ2v) is 8.49. The molecule has 3 unspecified atom stereocenters. The van der Waals surface area contributed by atoms with Gasteiger partial charge in [0.2, 0.25) is 0 Å². The van der Waals surface area contributed by atoms with E-state index in [1.165, 1.54) is 28.7 Å². The molecule has 1 aromatic heterocycles. The number of nitrogens with one attached hydrogen (secondary N) is 2. The number of aromatic nitrogens is 2. The van der Waals surface area contributed by atoms with Crippen molar-refractivity contribution in [3.8, 4) is 0 Å². The first-order chi connectivity index (χ1) is 17.5. The minimum Gasteiger partial charge on any atom is -0.380 e. The predicted molar refractivity (Wildman–Crippen MR) is 142 cm³/mol. The lowest BCUT2D eigenvalue weighted by Gasteiger charge is -2.35. The fourth-order valence-corrected chi connectivity index (χ4v) is 4.56. The van der Waals surface area contributed by atoms with Gasteiger partial charge >= 0.3 is 0 Å². The van der Waals surface area contributed by atoms with E-state index in [9.17, 15) is 14.0 Å². The molecule has 5 rings (SSSR count). The number of aryl methyl sites for hydroxylation is 1. The summed E-state index contributed by atoms with van der Waals surface area (Å²) in [5.41, 5.74) is 3.27. The Bertz CT molecular complexity index is 1170. The summed E-state index contributed by atoms with van der Waals surface area (Å²) in [5, 5.41) is 6.53. The molecule has 0 saturated carbocycles. The maximum absolute atomic E-state index is 13.1. The van der Waals surface area contributed by atoms with Crippen LogP contribution in [0.1, 0.15) is 37.6 Å². The van der Waals surface area contributed by atoms with E-state index < -0.39 is 0 Å². The zero-order chi connectivity index (χ0) is 26.1. The molecule has 36 heavy (non-hydrogen) atoms. The summed E-state index contributed by atoms with van der Waals surface area (Å²) < 4.78 is 14.4. The number of aldehydes is 1. The standard InChI is InChI=1S/C16H16FN3O2.C9H13N3.C2H6/c1-19-14(11-2-4-12(17)5-3-11)7-6-13-15(19)16(22)20(8-9-21)10-18-13;1-10-6-8-4-7-5-11-3-2-9(7)12-8;1-2/h2-5,9-10,14H,6-8H2,1H3;2-5,7,9-10,12H,6H2,1H3;1-2H3. The molecule has 0 radical (unpaired) electrons. The smallest absolute Gasteiger partial charge is 0.277 e. The Balaban J connectivity index is 0.000000217. The Morgan fingerprint density at radius 2 is 2.00 bits per heavy atom. The van der Waals surface area contributed by atoms with Gasteiger partial charge in [0, 0.05) is 37.6 Å². The van der Waals surface area contributed by atoms with Gasteiger partial charge in [-0.05, 0) is 43.7 Å². The van der Waals surface area contributed by atoms with Gasteiger partial charge in [-0.1, -0.05) is 32.1 Å². The number of carbonyl (C=O) groups excluding carboxylic acids is 1. The molecule has 2 N–H and O–H groups in total. The topological polar surface area (TPSA) is 91.6 Å². The van der Waals surface area contributed by atoms with Crippen LogP contribution in [-0.2, 0) is 17.8 Å². The van der Waals surface area contributed by atoms with E-state index >= 15 is 0 Å². The highest BCUT2D eigenvalue weighted by Gasteiger charge is 2.28. The fraction of sp³-hybridized carbons (Fsp3) is 0.407. The van der Waals surface area contributed by atoms with Crippen LogP contribution >= 0.6 is 0 Å². The average molecular weight is 495 g/mol. The number of carbonyl (C=O) groups is 1. The minimum atomic E-state index is -0.280. The van der Waals surface area contributed by atoms with Gasteiger partial charge < -0.3 is 20.3 Å². The van der Waals surface area contributed by atoms with Crippen LogP contribution in [0.4, 0.5) is 10.1 Å². The predicted octanol–water partition coefficient (Wildman–Crippen LogP) is 3.01. The Kier molecular flexibility index (Phi) is 9.69. The molecule has 0 saturated heterocycles. The van der Waals surface area contributed by atoms with Crippen LogP contribution in [0.3, 0.4) is 0 Å². The van der Waals surface area contributed by atoms with E-state index in [2.05, 4.69) is 32.8 Å². The number of anilines is 1. The molecular weight excluding hydrogens is 459 g/mol. The number of benzene rings is 1. The summed E-state index contributed by atoms with van der Waals surface area (Å²) in [5.74, 6) is 0.177. The number of nitrogens with zero attached hydrogens (tertiary/aromatic N) is 4. The first-order valence-electron chi connectivity index (χ1n) is 12.3. The molecule has 0 amide bonds. The molecule has 2 aromatic rings. The SMILES string of the molecule is CC.CN1c2c(ncn(CC=O)c2=O)CCC1c1ccc(F)cc1.CNCC1=CC2C=NC=CC2N1. The Morgan fingerprint density at radius 3 is 2.67 bits per heavy atom. The maximum atomic E-state index is 13.1. The summed E-state index contributed by atoms with van der Waals surface area (Å²) >= 11 is 0. The molecular formula is C27H35FN6O2. The molecule has 4 heterocycles. The van der Waals surface area contributed by atoms with Crippen LogP contribution < -0.4 is 21.1 Å². The molecule has 3 aliphatic heterocycles. The number of hydrogen-bond donors (Lipinski definition) is 2. The third kappa shape index (κ3) is 6.15. The van der Waals surface area contributed by atoms with Crippen molar-refractivity contribution < 1.29 is 9.18 Å². The first kappa shape index (κ1) is 27.0. The Labute approximate surface area is 211 Å². The van der Waals surface area contributed by atoms with Crippen molar-refractivity contribution in [2.75, 3.05) is 25.5 Å². The van der Waals surface area contributed by atoms with Crippen LogP contribution in [-0.4, -0.2) is 48.7 Å². The second-order valence-electron chi connectivity index (χ2n) is 8.49. The van der Waals surface area contributed by atoms with E-state index in [0.29, 0.717) is 30.4 Å². The highest BCUT2D eigenvalue weighted by atomic mass is 19.1. The Hall–Kier alpha value is -3.59. The van der Waals surface area contributed by atoms with E-state index in [4.69, 9.17) is 0 Å². The average Bonchev–Trinajstić information content (AvgIpc) is 3.31. The third-order valence-electron chi connectivity index (χ3n) is 6.26. The van der Waals surface area contributed by atoms with E-state index in [0.717, 1.165) is 24.2 Å². The van der Waals surface area contributed by atoms with Crippen molar-refractivity contribution in [3.05, 3.63) is 82.1 Å². The molecule has 0 spiro atoms. The monoisotopic (exact) mass is 494 g/mol. The second kappa shape index (κ2) is 12.9. The summed E-state index contributed by atoms with van der Waals surface area (Å²) in [4.78, 5) is 33.4. The first-order valence-corrected chi connectivity index (χ1v) is 12.3. The molecule has 0 aliphatic carbocycles. The summed E-state index contributed by atoms with van der Waals surface area (Å²) in [6.07, 6.45) is 11.7. The van der Waals surface area contributed by atoms with Crippen molar-refractivity contribution in [2.45, 2.75) is 45.3 Å². The normalized spacial score (nSPS) is 21.1. The summed E-state index contributed by atoms with van der Waals surface area (Å²) in [7, 11) is 3.79. The van der Waals surface area contributed by atoms with Gasteiger partial charge in [-0.3, -0.25) is 14.4 Å². The third-order valence-corrected chi connectivity index (χ3v) is 6.26. The van der Waals surface area contributed by atoms with Crippen LogP contribution in [0.15, 0.2) is 64.4 Å². The van der Waals surface area contributed by atoms with Gasteiger partial charge in [-0.15, -0.1) is 0 Å². The highest BCUT2D eigenvalue weighted by molar-refractivity contribution is 5.68. The zero-order valence-corrected chi connectivity index (χ0v) is 21.3. The zero-order valence-electron chi connectivity index (χ0n) is 21.3. The molecule has 9 heteroatoms. The highest BCUT2D eigenvalue weighted by Crippen LogP contribution is 2.34. The summed E-state index contributed by atoms with van der Waals surface area (Å²) in [6.45, 7) is 4.91. The molecule has 1 aromatic carbocycles. The van der Waals surface area contributed by atoms with Crippen molar-refractivity contribution >= 4 is 18.2 Å². The van der Waals surface area contributed by atoms with Gasteiger partial charge in [0.15, 0.2) is 0 Å². The number of aliphatic imine (C=N–C) groups is 1. The van der Waals surface area contributed by atoms with Crippen LogP contribution in [0.2, 0.25) is 0 Å². The van der Waals surface area contributed by atoms with Crippen LogP contribution in [0.5, 0.6) is 0 Å².